The average molecular weight is 283 g/mol. The first-order chi connectivity index (χ1) is 6.88. The summed E-state index contributed by atoms with van der Waals surface area (Å²) in [7, 11) is 0. The predicted molar refractivity (Wildman–Crippen MR) is 55.3 cm³/mol. The second-order valence-corrected chi connectivity index (χ2v) is 3.99. The number of alkyl halides is 3. The highest BCUT2D eigenvalue weighted by Gasteiger charge is 2.26. The van der Waals surface area contributed by atoms with Crippen molar-refractivity contribution in [3.63, 3.8) is 0 Å². The number of hydrogen-bond donors (Lipinski definition) is 1. The topological polar surface area (TPSA) is 38.9 Å². The Kier molecular flexibility index (Phi) is 3.96. The van der Waals surface area contributed by atoms with Crippen molar-refractivity contribution in [2.24, 2.45) is 0 Å². The lowest BCUT2D eigenvalue weighted by molar-refractivity contribution is -0.135. The molecule has 0 aliphatic heterocycles. The van der Waals surface area contributed by atoms with E-state index in [0.717, 1.165) is 0 Å². The average Bonchev–Trinajstić information content (AvgIpc) is 2.09. The van der Waals surface area contributed by atoms with E-state index < -0.39 is 12.6 Å². The van der Waals surface area contributed by atoms with Crippen LogP contribution in [0.5, 0.6) is 0 Å². The maximum atomic E-state index is 11.9. The van der Waals surface area contributed by atoms with Gasteiger partial charge in [0, 0.05) is 10.9 Å². The molecule has 0 saturated heterocycles. The van der Waals surface area contributed by atoms with Crippen LogP contribution in [0.25, 0.3) is 0 Å². The fraction of sp³-hybridized carbons (Fsp3) is 0.444. The van der Waals surface area contributed by atoms with Gasteiger partial charge in [-0.25, -0.2) is 4.98 Å². The number of hydrogen-bond acceptors (Lipinski definition) is 2. The van der Waals surface area contributed by atoms with Gasteiger partial charge in [-0.1, -0.05) is 0 Å². The molecule has 0 radical (unpaired) electrons. The van der Waals surface area contributed by atoms with Crippen LogP contribution in [-0.4, -0.2) is 11.2 Å². The highest BCUT2D eigenvalue weighted by atomic mass is 79.9. The molecular weight excluding hydrogens is 273 g/mol. The lowest BCUT2D eigenvalue weighted by atomic mass is 10.2. The van der Waals surface area contributed by atoms with Crippen molar-refractivity contribution in [1.82, 2.24) is 4.98 Å². The van der Waals surface area contributed by atoms with Crippen LogP contribution in [0.3, 0.4) is 0 Å². The predicted octanol–water partition coefficient (Wildman–Crippen LogP) is 3.31. The van der Waals surface area contributed by atoms with Crippen LogP contribution in [0.4, 0.5) is 19.0 Å². The standard InChI is InChI=1S/C9H10BrF3N2/c10-6-3-4-8(14)15-7(6)2-1-5-9(11,12)13/h3-4H,1-2,5H2,(H2,14,15). The van der Waals surface area contributed by atoms with Crippen molar-refractivity contribution in [3.05, 3.63) is 22.3 Å². The molecule has 1 heterocycles. The van der Waals surface area contributed by atoms with Gasteiger partial charge in [-0.05, 0) is 40.9 Å². The van der Waals surface area contributed by atoms with E-state index in [0.29, 0.717) is 16.0 Å². The number of nitrogen functional groups attached to an aromatic ring is 1. The van der Waals surface area contributed by atoms with Gasteiger partial charge in [0.2, 0.25) is 0 Å². The summed E-state index contributed by atoms with van der Waals surface area (Å²) in [5, 5.41) is 0. The van der Waals surface area contributed by atoms with E-state index >= 15 is 0 Å². The third-order valence-corrected chi connectivity index (χ3v) is 2.54. The number of anilines is 1. The fourth-order valence-corrected chi connectivity index (χ4v) is 1.55. The van der Waals surface area contributed by atoms with Gasteiger partial charge in [-0.3, -0.25) is 0 Å². The summed E-state index contributed by atoms with van der Waals surface area (Å²) in [6, 6.07) is 3.28. The Hall–Kier alpha value is -0.780. The Morgan fingerprint density at radius 2 is 2.00 bits per heavy atom. The Bertz CT molecular complexity index is 339. The molecule has 15 heavy (non-hydrogen) atoms. The SMILES string of the molecule is Nc1ccc(Br)c(CCCC(F)(F)F)n1. The molecule has 84 valence electrons. The molecule has 0 atom stereocenters. The zero-order chi connectivity index (χ0) is 11.5. The van der Waals surface area contributed by atoms with Crippen molar-refractivity contribution < 1.29 is 13.2 Å². The van der Waals surface area contributed by atoms with E-state index in [2.05, 4.69) is 20.9 Å². The Balaban J connectivity index is 2.54. The van der Waals surface area contributed by atoms with E-state index in [9.17, 15) is 13.2 Å². The van der Waals surface area contributed by atoms with Gasteiger partial charge in [-0.2, -0.15) is 13.2 Å². The molecule has 0 unspecified atom stereocenters. The second-order valence-electron chi connectivity index (χ2n) is 3.13. The number of pyridine rings is 1. The molecule has 0 aliphatic carbocycles. The number of nitrogens with zero attached hydrogens (tertiary/aromatic N) is 1. The van der Waals surface area contributed by atoms with E-state index in [-0.39, 0.29) is 12.8 Å². The number of aryl methyl sites for hydroxylation is 1. The third-order valence-electron chi connectivity index (χ3n) is 1.81. The van der Waals surface area contributed by atoms with Crippen LogP contribution in [0.15, 0.2) is 16.6 Å². The molecule has 2 nitrogen and oxygen atoms in total. The van der Waals surface area contributed by atoms with E-state index in [1.165, 1.54) is 0 Å². The number of halogens is 4. The molecule has 2 N–H and O–H groups in total. The van der Waals surface area contributed by atoms with Crippen LogP contribution in [0.2, 0.25) is 0 Å². The van der Waals surface area contributed by atoms with Crippen molar-refractivity contribution in [2.45, 2.75) is 25.4 Å². The van der Waals surface area contributed by atoms with Gasteiger partial charge >= 0.3 is 6.18 Å². The van der Waals surface area contributed by atoms with Crippen LogP contribution >= 0.6 is 15.9 Å². The van der Waals surface area contributed by atoms with Crippen LogP contribution in [0.1, 0.15) is 18.5 Å². The lowest BCUT2D eigenvalue weighted by Crippen LogP contribution is -2.08. The number of aromatic nitrogens is 1. The Morgan fingerprint density at radius 3 is 2.60 bits per heavy atom. The number of rotatable bonds is 3. The van der Waals surface area contributed by atoms with Crippen molar-refractivity contribution >= 4 is 21.7 Å². The van der Waals surface area contributed by atoms with E-state index in [1.807, 2.05) is 0 Å². The molecule has 0 amide bonds. The highest BCUT2D eigenvalue weighted by Crippen LogP contribution is 2.24. The highest BCUT2D eigenvalue weighted by molar-refractivity contribution is 9.10. The molecule has 1 rings (SSSR count). The monoisotopic (exact) mass is 282 g/mol. The van der Waals surface area contributed by atoms with Gasteiger partial charge in [0.1, 0.15) is 5.82 Å². The molecular formula is C9H10BrF3N2. The molecule has 0 bridgehead atoms. The Morgan fingerprint density at radius 1 is 1.33 bits per heavy atom. The largest absolute Gasteiger partial charge is 0.389 e. The van der Waals surface area contributed by atoms with Crippen LogP contribution in [-0.2, 0) is 6.42 Å². The van der Waals surface area contributed by atoms with Gasteiger partial charge in [0.15, 0.2) is 0 Å². The molecule has 0 aromatic carbocycles. The van der Waals surface area contributed by atoms with Crippen LogP contribution in [0, 0.1) is 0 Å². The van der Waals surface area contributed by atoms with Gasteiger partial charge < -0.3 is 5.73 Å². The Labute approximate surface area is 93.8 Å². The zero-order valence-electron chi connectivity index (χ0n) is 7.81. The lowest BCUT2D eigenvalue weighted by Gasteiger charge is -2.07. The molecule has 6 heteroatoms. The van der Waals surface area contributed by atoms with Crippen LogP contribution < -0.4 is 5.73 Å². The van der Waals surface area contributed by atoms with E-state index in [1.54, 1.807) is 12.1 Å². The fourth-order valence-electron chi connectivity index (χ4n) is 1.13. The molecule has 1 aromatic heterocycles. The summed E-state index contributed by atoms with van der Waals surface area (Å²) in [5.74, 6) is 0.320. The van der Waals surface area contributed by atoms with E-state index in [4.69, 9.17) is 5.73 Å². The minimum atomic E-state index is -4.10. The van der Waals surface area contributed by atoms with Gasteiger partial charge in [-0.15, -0.1) is 0 Å². The van der Waals surface area contributed by atoms with Crippen molar-refractivity contribution in [1.29, 1.82) is 0 Å². The first-order valence-corrected chi connectivity index (χ1v) is 5.15. The number of nitrogens with two attached hydrogens (primary N) is 1. The summed E-state index contributed by atoms with van der Waals surface area (Å²) >= 11 is 3.21. The van der Waals surface area contributed by atoms with Crippen molar-refractivity contribution in [2.75, 3.05) is 5.73 Å². The summed E-state index contributed by atoms with van der Waals surface area (Å²) in [4.78, 5) is 3.96. The minimum absolute atomic E-state index is 0.0263. The summed E-state index contributed by atoms with van der Waals surface area (Å²) in [6.45, 7) is 0. The maximum absolute atomic E-state index is 11.9. The molecule has 0 fully saturated rings. The molecule has 0 spiro atoms. The maximum Gasteiger partial charge on any atom is 0.389 e. The summed E-state index contributed by atoms with van der Waals surface area (Å²) in [6.07, 6.45) is -4.60. The third kappa shape index (κ3) is 4.51. The quantitative estimate of drug-likeness (QED) is 0.924. The first kappa shape index (κ1) is 12.3. The summed E-state index contributed by atoms with van der Waals surface area (Å²) in [5.41, 5.74) is 6.00. The van der Waals surface area contributed by atoms with Gasteiger partial charge in [0.25, 0.3) is 0 Å². The zero-order valence-corrected chi connectivity index (χ0v) is 9.40. The van der Waals surface area contributed by atoms with Crippen molar-refractivity contribution in [3.8, 4) is 0 Å². The smallest absolute Gasteiger partial charge is 0.384 e. The summed E-state index contributed by atoms with van der Waals surface area (Å²) < 4.78 is 36.3. The normalized spacial score (nSPS) is 11.7. The first-order valence-electron chi connectivity index (χ1n) is 4.36. The molecule has 1 aromatic rings. The molecule has 0 aliphatic rings. The minimum Gasteiger partial charge on any atom is -0.384 e. The van der Waals surface area contributed by atoms with Gasteiger partial charge in [0.05, 0.1) is 5.69 Å². The second kappa shape index (κ2) is 4.83. The molecule has 0 saturated carbocycles.